The number of pyridine rings is 3. The summed E-state index contributed by atoms with van der Waals surface area (Å²) in [5, 5.41) is 33.5. The quantitative estimate of drug-likeness (QED) is 0.113. The maximum Gasteiger partial charge on any atom is 0.196 e. The van der Waals surface area contributed by atoms with Crippen LogP contribution in [0.25, 0.3) is 237 Å². The number of hydrogen-bond donors (Lipinski definition) is 0. The average molecular weight is 1760 g/mol. The third-order valence-electron chi connectivity index (χ3n) is 26.8. The number of nitriles is 2. The van der Waals surface area contributed by atoms with Crippen LogP contribution in [0.3, 0.4) is 0 Å². The molecular formula is C126H78N12. The molecule has 0 amide bonds. The summed E-state index contributed by atoms with van der Waals surface area (Å²) >= 11 is 0. The van der Waals surface area contributed by atoms with Gasteiger partial charge in [0.15, 0.2) is 5.69 Å². The zero-order valence-corrected chi connectivity index (χ0v) is 74.4. The van der Waals surface area contributed by atoms with Crippen LogP contribution in [0.2, 0.25) is 0 Å². The monoisotopic (exact) mass is 1760 g/mol. The molecule has 0 atom stereocenters. The highest BCUT2D eigenvalue weighted by molar-refractivity contribution is 6.15. The molecule has 0 N–H and O–H groups in total. The van der Waals surface area contributed by atoms with Crippen molar-refractivity contribution in [2.45, 2.75) is 0 Å². The van der Waals surface area contributed by atoms with Crippen LogP contribution < -0.4 is 0 Å². The number of rotatable bonds is 12. The number of hydrogen-bond acceptors (Lipinski definition) is 5. The Hall–Kier alpha value is -19.3. The Morgan fingerprint density at radius 1 is 0.181 bits per heavy atom. The van der Waals surface area contributed by atoms with Crippen molar-refractivity contribution in [3.8, 4) is 114 Å². The van der Waals surface area contributed by atoms with Crippen molar-refractivity contribution < 1.29 is 0 Å². The zero-order chi connectivity index (χ0) is 91.8. The maximum atomic E-state index is 9.51. The fraction of sp³-hybridized carbons (Fsp3) is 0. The molecule has 18 aromatic carbocycles. The van der Waals surface area contributed by atoms with Gasteiger partial charge in [-0.15, -0.1) is 0 Å². The Morgan fingerprint density at radius 2 is 0.399 bits per heavy atom. The van der Waals surface area contributed by atoms with Crippen molar-refractivity contribution >= 4 is 137 Å². The number of nitrogens with zero attached hydrogens (tertiary/aromatic N) is 12. The lowest BCUT2D eigenvalue weighted by Crippen LogP contribution is -2.00. The first-order chi connectivity index (χ1) is 68.3. The Balaban J connectivity index is 0.000000110. The highest BCUT2D eigenvalue weighted by Gasteiger charge is 2.25. The van der Waals surface area contributed by atoms with Gasteiger partial charge in [0, 0.05) is 132 Å². The molecule has 27 rings (SSSR count). The van der Waals surface area contributed by atoms with Crippen LogP contribution >= 0.6 is 0 Å². The van der Waals surface area contributed by atoms with Crippen LogP contribution in [0.1, 0.15) is 11.1 Å². The minimum absolute atomic E-state index is 0.595. The molecular weight excluding hydrogens is 1680 g/mol. The first-order valence-corrected chi connectivity index (χ1v) is 46.1. The Kier molecular flexibility index (Phi) is 19.8. The average Bonchev–Trinajstić information content (AvgIpc) is 1.57. The second-order valence-electron chi connectivity index (χ2n) is 34.7. The van der Waals surface area contributed by atoms with Crippen molar-refractivity contribution in [1.29, 1.82) is 10.5 Å². The molecule has 9 aromatic heterocycles. The number of aromatic nitrogens is 9. The summed E-state index contributed by atoms with van der Waals surface area (Å²) in [5.74, 6) is 0. The highest BCUT2D eigenvalue weighted by Crippen LogP contribution is 2.45. The SMILES string of the molecule is N#Cc1ccc(-c2cccc(-c3cc(-n4c5ccccc5c5ccccc54)cc(-n4c5ccccc5c5ccccc54)c3)n2)cc1.N#Cc1cccc(-c2cccc(-c3cc(-n4c5ccccc5c5ccccc54)cc(-n4c5ccccc5c5ccccc54)c3)n2)c1.[C-]#[N+]c1ccccc1-c1cccc(-c2cc(-n3c4ccccc4c4ccccc43)cc(-n3c4ccccc4c4ccccc43)c2)n1. The minimum Gasteiger partial charge on any atom is -0.309 e. The van der Waals surface area contributed by atoms with Gasteiger partial charge in [-0.2, -0.15) is 10.5 Å². The third kappa shape index (κ3) is 13.9. The first kappa shape index (κ1) is 80.7. The molecule has 0 saturated heterocycles. The molecule has 0 aliphatic rings. The summed E-state index contributed by atoms with van der Waals surface area (Å²) < 4.78 is 14.2. The molecule has 642 valence electrons. The summed E-state index contributed by atoms with van der Waals surface area (Å²) in [6.45, 7) is 7.72. The van der Waals surface area contributed by atoms with Gasteiger partial charge in [0.25, 0.3) is 0 Å². The lowest BCUT2D eigenvalue weighted by atomic mass is 10.0. The topological polar surface area (TPSA) is 120 Å². The van der Waals surface area contributed by atoms with Crippen LogP contribution in [0, 0.1) is 29.2 Å². The van der Waals surface area contributed by atoms with Gasteiger partial charge in [0.1, 0.15) is 0 Å². The van der Waals surface area contributed by atoms with E-state index in [-0.39, 0.29) is 0 Å². The van der Waals surface area contributed by atoms with E-state index in [4.69, 9.17) is 21.5 Å². The van der Waals surface area contributed by atoms with Crippen molar-refractivity contribution in [2.24, 2.45) is 0 Å². The van der Waals surface area contributed by atoms with E-state index in [1.54, 1.807) is 0 Å². The third-order valence-corrected chi connectivity index (χ3v) is 26.8. The van der Waals surface area contributed by atoms with Gasteiger partial charge < -0.3 is 27.4 Å². The normalized spacial score (nSPS) is 11.5. The van der Waals surface area contributed by atoms with Gasteiger partial charge in [-0.1, -0.05) is 285 Å². The van der Waals surface area contributed by atoms with E-state index >= 15 is 0 Å². The summed E-state index contributed by atoms with van der Waals surface area (Å²) in [4.78, 5) is 19.2. The van der Waals surface area contributed by atoms with E-state index in [1.807, 2.05) is 103 Å². The Labute approximate surface area is 793 Å². The molecule has 0 aliphatic carbocycles. The molecule has 138 heavy (non-hydrogen) atoms. The van der Waals surface area contributed by atoms with Gasteiger partial charge in [0.2, 0.25) is 0 Å². The van der Waals surface area contributed by atoms with Crippen molar-refractivity contribution in [3.05, 3.63) is 496 Å². The predicted octanol–water partition coefficient (Wildman–Crippen LogP) is 32.1. The fourth-order valence-electron chi connectivity index (χ4n) is 20.7. The highest BCUT2D eigenvalue weighted by atomic mass is 15.0. The molecule has 0 fully saturated rings. The van der Waals surface area contributed by atoms with Gasteiger partial charge >= 0.3 is 0 Å². The zero-order valence-electron chi connectivity index (χ0n) is 74.4. The largest absolute Gasteiger partial charge is 0.309 e. The second-order valence-corrected chi connectivity index (χ2v) is 34.7. The van der Waals surface area contributed by atoms with Crippen molar-refractivity contribution in [3.63, 3.8) is 0 Å². The smallest absolute Gasteiger partial charge is 0.196 e. The molecule has 12 nitrogen and oxygen atoms in total. The number of para-hydroxylation sites is 13. The minimum atomic E-state index is 0.595. The first-order valence-electron chi connectivity index (χ1n) is 46.1. The van der Waals surface area contributed by atoms with Crippen LogP contribution in [-0.4, -0.2) is 42.4 Å². The lowest BCUT2D eigenvalue weighted by Gasteiger charge is -2.16. The summed E-state index contributed by atoms with van der Waals surface area (Å²) in [6.07, 6.45) is 0. The van der Waals surface area contributed by atoms with Crippen molar-refractivity contribution in [2.75, 3.05) is 0 Å². The predicted molar refractivity (Wildman–Crippen MR) is 567 cm³/mol. The van der Waals surface area contributed by atoms with Gasteiger partial charge in [-0.25, -0.2) is 19.8 Å². The van der Waals surface area contributed by atoms with Crippen LogP contribution in [0.5, 0.6) is 0 Å². The van der Waals surface area contributed by atoms with Gasteiger partial charge in [-0.3, -0.25) is 0 Å². The Bertz CT molecular complexity index is 9040. The van der Waals surface area contributed by atoms with E-state index in [0.29, 0.717) is 16.8 Å². The van der Waals surface area contributed by atoms with E-state index < -0.39 is 0 Å². The van der Waals surface area contributed by atoms with E-state index in [0.717, 1.165) is 168 Å². The number of benzene rings is 18. The van der Waals surface area contributed by atoms with Crippen LogP contribution in [0.4, 0.5) is 5.69 Å². The second kappa shape index (κ2) is 33.8. The molecule has 12 heteroatoms. The fourth-order valence-corrected chi connectivity index (χ4v) is 20.7. The molecule has 0 spiro atoms. The van der Waals surface area contributed by atoms with Gasteiger partial charge in [0.05, 0.1) is 130 Å². The molecule has 0 bridgehead atoms. The molecule has 9 heterocycles. The lowest BCUT2D eigenvalue weighted by molar-refractivity contribution is 1.13. The van der Waals surface area contributed by atoms with Crippen molar-refractivity contribution in [1.82, 2.24) is 42.4 Å². The molecule has 0 radical (unpaired) electrons. The van der Waals surface area contributed by atoms with E-state index in [9.17, 15) is 10.5 Å². The standard InChI is InChI=1S/3C42H26N4/c1-43-37-18-7-2-17-35(37)38-20-12-19-36(44-38)28-25-29(45-39-21-8-3-13-31(39)32-14-4-9-22-40(32)45)27-30(26-28)46-41-23-10-5-15-33(41)34-16-6-11-24-42(34)46;43-27-28-11-9-12-29(23-28)37-17-10-18-38(44-37)30-24-31(45-39-19-5-1-13-33(39)34-14-2-6-20-40(34)45)26-32(25-30)46-41-21-7-3-15-35(41)36-16-4-8-22-42(36)46;43-27-28-20-22-29(23-21-28)37-14-9-15-38(44-37)30-24-31(45-39-16-5-1-10-33(39)34-11-2-6-17-40(34)45)26-32(25-30)46-41-18-7-3-12-35(41)36-13-4-8-19-42(36)46/h2-27H;2*1-26H. The molecule has 0 unspecified atom stereocenters. The summed E-state index contributed by atoms with van der Waals surface area (Å²) in [6, 6.07) is 169. The molecule has 0 aliphatic heterocycles. The molecule has 27 aromatic rings. The number of fused-ring (bicyclic) bond motifs is 18. The van der Waals surface area contributed by atoms with E-state index in [1.165, 1.54) is 64.6 Å². The molecule has 0 saturated carbocycles. The summed E-state index contributed by atoms with van der Waals surface area (Å²) in [7, 11) is 0. The van der Waals surface area contributed by atoms with Crippen LogP contribution in [0.15, 0.2) is 473 Å². The van der Waals surface area contributed by atoms with E-state index in [2.05, 4.69) is 414 Å². The summed E-state index contributed by atoms with van der Waals surface area (Å²) in [5.41, 5.74) is 32.9. The Morgan fingerprint density at radius 3 is 0.659 bits per heavy atom. The maximum absolute atomic E-state index is 9.51. The van der Waals surface area contributed by atoms with Crippen LogP contribution in [-0.2, 0) is 0 Å². The van der Waals surface area contributed by atoms with Gasteiger partial charge in [-0.05, 0) is 188 Å².